The van der Waals surface area contributed by atoms with E-state index in [1.54, 1.807) is 0 Å². The predicted octanol–water partition coefficient (Wildman–Crippen LogP) is 3.15. The summed E-state index contributed by atoms with van der Waals surface area (Å²) in [6, 6.07) is 4.32. The highest BCUT2D eigenvalue weighted by atomic mass is 32.1. The molecule has 17 heavy (non-hydrogen) atoms. The Bertz CT molecular complexity index is 302. The zero-order valence-corrected chi connectivity index (χ0v) is 11.6. The molecule has 2 rings (SSSR count). The highest BCUT2D eigenvalue weighted by molar-refractivity contribution is 7.09. The summed E-state index contributed by atoms with van der Waals surface area (Å²) in [7, 11) is 2.13. The van der Waals surface area contributed by atoms with Gasteiger partial charge in [-0.1, -0.05) is 25.3 Å². The molecule has 96 valence electrons. The smallest absolute Gasteiger partial charge is 0.0299 e. The van der Waals surface area contributed by atoms with Gasteiger partial charge in [0.2, 0.25) is 0 Å². The molecule has 1 fully saturated rings. The summed E-state index contributed by atoms with van der Waals surface area (Å²) in [5, 5.41) is 9.28. The van der Waals surface area contributed by atoms with Crippen LogP contribution < -0.4 is 10.6 Å². The van der Waals surface area contributed by atoms with E-state index in [4.69, 9.17) is 0 Å². The van der Waals surface area contributed by atoms with Crippen molar-refractivity contribution in [2.45, 2.75) is 50.6 Å². The van der Waals surface area contributed by atoms with Gasteiger partial charge in [-0.15, -0.1) is 11.3 Å². The van der Waals surface area contributed by atoms with Crippen LogP contribution in [0.1, 0.15) is 43.4 Å². The molecular weight excluding hydrogens is 228 g/mol. The maximum absolute atomic E-state index is 3.57. The van der Waals surface area contributed by atoms with E-state index in [-0.39, 0.29) is 0 Å². The third-order valence-corrected chi connectivity index (χ3v) is 4.88. The molecular formula is C14H24N2S. The van der Waals surface area contributed by atoms with E-state index in [9.17, 15) is 0 Å². The Kier molecular flexibility index (Phi) is 5.01. The molecule has 1 saturated carbocycles. The fraction of sp³-hybridized carbons (Fsp3) is 0.714. The van der Waals surface area contributed by atoms with Crippen molar-refractivity contribution in [2.75, 3.05) is 13.6 Å². The third kappa shape index (κ3) is 3.80. The average Bonchev–Trinajstić information content (AvgIpc) is 2.89. The van der Waals surface area contributed by atoms with Crippen LogP contribution in [-0.2, 0) is 6.54 Å². The topological polar surface area (TPSA) is 24.1 Å². The van der Waals surface area contributed by atoms with Crippen LogP contribution in [0.2, 0.25) is 0 Å². The van der Waals surface area contributed by atoms with E-state index in [0.717, 1.165) is 13.1 Å². The van der Waals surface area contributed by atoms with E-state index >= 15 is 0 Å². The number of thiophene rings is 1. The lowest BCUT2D eigenvalue weighted by Crippen LogP contribution is -2.46. The first-order valence-corrected chi connectivity index (χ1v) is 7.65. The second-order valence-electron chi connectivity index (χ2n) is 5.10. The van der Waals surface area contributed by atoms with Gasteiger partial charge in [0.05, 0.1) is 0 Å². The lowest BCUT2D eigenvalue weighted by Gasteiger charge is -2.37. The molecule has 0 radical (unpaired) electrons. The molecule has 0 aromatic carbocycles. The number of hydrogen-bond acceptors (Lipinski definition) is 3. The fourth-order valence-corrected chi connectivity index (χ4v) is 3.48. The van der Waals surface area contributed by atoms with Crippen LogP contribution in [0.25, 0.3) is 0 Å². The van der Waals surface area contributed by atoms with Crippen molar-refractivity contribution in [3.8, 4) is 0 Å². The van der Waals surface area contributed by atoms with Crippen molar-refractivity contribution in [1.82, 2.24) is 10.6 Å². The summed E-state index contributed by atoms with van der Waals surface area (Å²) in [6.07, 6.45) is 8.17. The minimum Gasteiger partial charge on any atom is -0.314 e. The van der Waals surface area contributed by atoms with Crippen LogP contribution in [0.4, 0.5) is 0 Å². The molecule has 0 aliphatic heterocycles. The lowest BCUT2D eigenvalue weighted by molar-refractivity contribution is 0.228. The van der Waals surface area contributed by atoms with Gasteiger partial charge >= 0.3 is 0 Å². The van der Waals surface area contributed by atoms with Gasteiger partial charge in [0.1, 0.15) is 0 Å². The SMILES string of the molecule is CNC1(CCNCc2cccs2)CCCCC1. The molecule has 0 bridgehead atoms. The van der Waals surface area contributed by atoms with Crippen molar-refractivity contribution in [1.29, 1.82) is 0 Å². The molecule has 0 unspecified atom stereocenters. The van der Waals surface area contributed by atoms with Gasteiger partial charge < -0.3 is 10.6 Å². The van der Waals surface area contributed by atoms with Crippen LogP contribution >= 0.6 is 11.3 Å². The molecule has 1 aromatic rings. The highest BCUT2D eigenvalue weighted by Crippen LogP contribution is 2.30. The second-order valence-corrected chi connectivity index (χ2v) is 6.13. The average molecular weight is 252 g/mol. The van der Waals surface area contributed by atoms with Crippen LogP contribution in [0.3, 0.4) is 0 Å². The fourth-order valence-electron chi connectivity index (χ4n) is 2.81. The summed E-state index contributed by atoms with van der Waals surface area (Å²) in [5.41, 5.74) is 0.417. The zero-order chi connectivity index (χ0) is 12.0. The summed E-state index contributed by atoms with van der Waals surface area (Å²) >= 11 is 1.84. The minimum absolute atomic E-state index is 0.417. The van der Waals surface area contributed by atoms with E-state index < -0.39 is 0 Å². The zero-order valence-electron chi connectivity index (χ0n) is 10.8. The predicted molar refractivity (Wildman–Crippen MR) is 75.5 cm³/mol. The van der Waals surface area contributed by atoms with Gasteiger partial charge in [0.15, 0.2) is 0 Å². The normalized spacial score (nSPS) is 19.4. The number of rotatable bonds is 6. The molecule has 2 N–H and O–H groups in total. The standard InChI is InChI=1S/C14H24N2S/c1-15-14(7-3-2-4-8-14)9-10-16-12-13-6-5-11-17-13/h5-6,11,15-16H,2-4,7-10,12H2,1H3. The molecule has 0 atom stereocenters. The second kappa shape index (κ2) is 6.53. The Morgan fingerprint density at radius 3 is 2.76 bits per heavy atom. The van der Waals surface area contributed by atoms with Crippen molar-refractivity contribution in [2.24, 2.45) is 0 Å². The van der Waals surface area contributed by atoms with Gasteiger partial charge in [0.25, 0.3) is 0 Å². The number of hydrogen-bond donors (Lipinski definition) is 2. The Hall–Kier alpha value is -0.380. The summed E-state index contributed by atoms with van der Waals surface area (Å²) in [4.78, 5) is 1.44. The summed E-state index contributed by atoms with van der Waals surface area (Å²) in [6.45, 7) is 2.15. The van der Waals surface area contributed by atoms with Crippen LogP contribution in [0.15, 0.2) is 17.5 Å². The quantitative estimate of drug-likeness (QED) is 0.760. The van der Waals surface area contributed by atoms with E-state index in [2.05, 4.69) is 35.2 Å². The molecule has 3 heteroatoms. The maximum atomic E-state index is 3.57. The summed E-state index contributed by atoms with van der Waals surface area (Å²) in [5.74, 6) is 0. The first-order chi connectivity index (χ1) is 8.35. The Morgan fingerprint density at radius 1 is 1.29 bits per heavy atom. The Morgan fingerprint density at radius 2 is 2.12 bits per heavy atom. The largest absolute Gasteiger partial charge is 0.314 e. The van der Waals surface area contributed by atoms with E-state index in [1.165, 1.54) is 43.4 Å². The van der Waals surface area contributed by atoms with Gasteiger partial charge in [-0.2, -0.15) is 0 Å². The van der Waals surface area contributed by atoms with Crippen molar-refractivity contribution in [3.05, 3.63) is 22.4 Å². The molecule has 1 aliphatic carbocycles. The van der Waals surface area contributed by atoms with Gasteiger partial charge in [-0.3, -0.25) is 0 Å². The van der Waals surface area contributed by atoms with Gasteiger partial charge in [-0.25, -0.2) is 0 Å². The monoisotopic (exact) mass is 252 g/mol. The molecule has 1 aromatic heterocycles. The molecule has 0 amide bonds. The lowest BCUT2D eigenvalue weighted by atomic mass is 9.79. The van der Waals surface area contributed by atoms with Crippen LogP contribution in [0, 0.1) is 0 Å². The van der Waals surface area contributed by atoms with Crippen molar-refractivity contribution in [3.63, 3.8) is 0 Å². The molecule has 2 nitrogen and oxygen atoms in total. The maximum Gasteiger partial charge on any atom is 0.0299 e. The van der Waals surface area contributed by atoms with Gasteiger partial charge in [-0.05, 0) is 44.3 Å². The van der Waals surface area contributed by atoms with Gasteiger partial charge in [0, 0.05) is 17.0 Å². The summed E-state index contributed by atoms with van der Waals surface area (Å²) < 4.78 is 0. The Labute approximate surface area is 109 Å². The first kappa shape index (κ1) is 13.1. The molecule has 1 heterocycles. The number of nitrogens with one attached hydrogen (secondary N) is 2. The highest BCUT2D eigenvalue weighted by Gasteiger charge is 2.29. The molecule has 0 spiro atoms. The van der Waals surface area contributed by atoms with E-state index in [1.807, 2.05) is 11.3 Å². The van der Waals surface area contributed by atoms with Crippen molar-refractivity contribution < 1.29 is 0 Å². The molecule has 0 saturated heterocycles. The molecule has 1 aliphatic rings. The third-order valence-electron chi connectivity index (χ3n) is 4.00. The van der Waals surface area contributed by atoms with Crippen LogP contribution in [-0.4, -0.2) is 19.1 Å². The van der Waals surface area contributed by atoms with Crippen LogP contribution in [0.5, 0.6) is 0 Å². The van der Waals surface area contributed by atoms with E-state index in [0.29, 0.717) is 5.54 Å². The Balaban J connectivity index is 1.69. The van der Waals surface area contributed by atoms with Crippen molar-refractivity contribution >= 4 is 11.3 Å². The minimum atomic E-state index is 0.417. The first-order valence-electron chi connectivity index (χ1n) is 6.77.